The smallest absolute Gasteiger partial charge is 0.222 e. The Labute approximate surface area is 126 Å². The Hall–Kier alpha value is -2.95. The molecule has 0 aliphatic carbocycles. The van der Waals surface area contributed by atoms with Crippen molar-refractivity contribution in [3.63, 3.8) is 0 Å². The number of halogens is 1. The number of nitrogens with zero attached hydrogens (tertiary/aromatic N) is 3. The fourth-order valence-electron chi connectivity index (χ4n) is 2.67. The molecule has 0 spiro atoms. The highest BCUT2D eigenvalue weighted by Crippen LogP contribution is 2.23. The van der Waals surface area contributed by atoms with E-state index in [1.807, 2.05) is 36.4 Å². The number of nitrogen functional groups attached to an aromatic ring is 1. The minimum Gasteiger partial charge on any atom is -0.368 e. The third kappa shape index (κ3) is 2.07. The Bertz CT molecular complexity index is 976. The highest BCUT2D eigenvalue weighted by molar-refractivity contribution is 5.94. The average Bonchev–Trinajstić information content (AvgIpc) is 2.94. The van der Waals surface area contributed by atoms with E-state index in [1.165, 1.54) is 12.1 Å². The fourth-order valence-corrected chi connectivity index (χ4v) is 2.67. The fraction of sp³-hybridized carbons (Fsp3) is 0.0588. The first-order valence-corrected chi connectivity index (χ1v) is 6.98. The van der Waals surface area contributed by atoms with E-state index in [2.05, 4.69) is 10.1 Å². The maximum absolute atomic E-state index is 13.5. The molecule has 0 saturated carbocycles. The predicted octanol–water partition coefficient (Wildman–Crippen LogP) is 3.19. The van der Waals surface area contributed by atoms with Crippen molar-refractivity contribution in [1.29, 1.82) is 0 Å². The number of hydrogen-bond acceptors (Lipinski definition) is 3. The van der Waals surface area contributed by atoms with Crippen molar-refractivity contribution in [3.05, 3.63) is 71.7 Å². The molecule has 0 atom stereocenters. The van der Waals surface area contributed by atoms with Crippen LogP contribution >= 0.6 is 0 Å². The summed E-state index contributed by atoms with van der Waals surface area (Å²) < 4.78 is 15.1. The Kier molecular flexibility index (Phi) is 2.79. The van der Waals surface area contributed by atoms with Gasteiger partial charge in [-0.25, -0.2) is 9.37 Å². The van der Waals surface area contributed by atoms with E-state index >= 15 is 0 Å². The Morgan fingerprint density at radius 2 is 1.86 bits per heavy atom. The molecule has 0 saturated heterocycles. The molecule has 0 unspecified atom stereocenters. The van der Waals surface area contributed by atoms with Crippen LogP contribution in [0.5, 0.6) is 0 Å². The van der Waals surface area contributed by atoms with Gasteiger partial charge in [-0.3, -0.25) is 0 Å². The molecular weight excluding hydrogens is 279 g/mol. The molecule has 0 aliphatic heterocycles. The lowest BCUT2D eigenvalue weighted by Gasteiger charge is -2.03. The van der Waals surface area contributed by atoms with Gasteiger partial charge in [0.2, 0.25) is 5.95 Å². The summed E-state index contributed by atoms with van der Waals surface area (Å²) in [6, 6.07) is 16.5. The largest absolute Gasteiger partial charge is 0.368 e. The molecule has 2 N–H and O–H groups in total. The van der Waals surface area contributed by atoms with E-state index < -0.39 is 0 Å². The second-order valence-electron chi connectivity index (χ2n) is 5.23. The van der Waals surface area contributed by atoms with Gasteiger partial charge < -0.3 is 5.73 Å². The van der Waals surface area contributed by atoms with Crippen molar-refractivity contribution in [2.24, 2.45) is 0 Å². The lowest BCUT2D eigenvalue weighted by Crippen LogP contribution is -2.03. The van der Waals surface area contributed by atoms with Crippen LogP contribution in [0, 0.1) is 5.82 Å². The van der Waals surface area contributed by atoms with Crippen molar-refractivity contribution < 1.29 is 4.39 Å². The molecule has 5 heteroatoms. The van der Waals surface area contributed by atoms with Crippen molar-refractivity contribution in [3.8, 4) is 0 Å². The predicted molar refractivity (Wildman–Crippen MR) is 84.1 cm³/mol. The van der Waals surface area contributed by atoms with Gasteiger partial charge in [-0.15, -0.1) is 0 Å². The topological polar surface area (TPSA) is 56.2 Å². The molecule has 22 heavy (non-hydrogen) atoms. The molecule has 108 valence electrons. The summed E-state index contributed by atoms with van der Waals surface area (Å²) in [7, 11) is 0. The number of nitrogens with two attached hydrogens (primary N) is 1. The molecule has 0 radical (unpaired) electrons. The monoisotopic (exact) mass is 292 g/mol. The zero-order valence-corrected chi connectivity index (χ0v) is 11.7. The second-order valence-corrected chi connectivity index (χ2v) is 5.23. The zero-order chi connectivity index (χ0) is 15.1. The summed E-state index contributed by atoms with van der Waals surface area (Å²) in [6.45, 7) is 0. The number of rotatable bonds is 2. The highest BCUT2D eigenvalue weighted by Gasteiger charge is 2.11. The number of benzene rings is 2. The van der Waals surface area contributed by atoms with Gasteiger partial charge in [0.05, 0.1) is 16.7 Å². The Morgan fingerprint density at radius 3 is 2.68 bits per heavy atom. The number of anilines is 1. The average molecular weight is 292 g/mol. The lowest BCUT2D eigenvalue weighted by molar-refractivity contribution is 0.629. The minimum absolute atomic E-state index is 0.299. The molecule has 2 heterocycles. The van der Waals surface area contributed by atoms with Crippen LogP contribution in [-0.4, -0.2) is 14.6 Å². The minimum atomic E-state index is -0.299. The summed E-state index contributed by atoms with van der Waals surface area (Å²) in [5.41, 5.74) is 9.43. The first kappa shape index (κ1) is 12.8. The molecule has 2 aromatic carbocycles. The molecular formula is C17H13FN4. The van der Waals surface area contributed by atoms with E-state index in [-0.39, 0.29) is 5.82 Å². The molecule has 0 fully saturated rings. The summed E-state index contributed by atoms with van der Waals surface area (Å²) >= 11 is 0. The van der Waals surface area contributed by atoms with Gasteiger partial charge in [0.15, 0.2) is 0 Å². The van der Waals surface area contributed by atoms with Crippen molar-refractivity contribution in [2.75, 3.05) is 5.73 Å². The molecule has 0 bridgehead atoms. The van der Waals surface area contributed by atoms with Crippen LogP contribution in [0.3, 0.4) is 0 Å². The van der Waals surface area contributed by atoms with Crippen molar-refractivity contribution in [2.45, 2.75) is 6.42 Å². The summed E-state index contributed by atoms with van der Waals surface area (Å²) in [6.07, 6.45) is 0.693. The van der Waals surface area contributed by atoms with Crippen molar-refractivity contribution >= 4 is 22.4 Å². The Balaban J connectivity index is 1.91. The van der Waals surface area contributed by atoms with Gasteiger partial charge in [-0.2, -0.15) is 9.61 Å². The van der Waals surface area contributed by atoms with E-state index in [4.69, 9.17) is 5.73 Å². The molecule has 0 aliphatic rings. The number of hydrogen-bond donors (Lipinski definition) is 1. The maximum atomic E-state index is 13.5. The van der Waals surface area contributed by atoms with Crippen LogP contribution in [-0.2, 0) is 6.42 Å². The van der Waals surface area contributed by atoms with Gasteiger partial charge in [0.1, 0.15) is 5.82 Å². The zero-order valence-electron chi connectivity index (χ0n) is 11.7. The SMILES string of the molecule is Nc1nc2ccc(F)cc2c2cc(Cc3ccccc3)nn12. The standard InChI is InChI=1S/C17H13FN4/c18-12-6-7-15-14(9-12)16-10-13(21-22(16)17(19)20-15)8-11-4-2-1-3-5-11/h1-7,9-10H,8H2,(H2,19,20). The van der Waals surface area contributed by atoms with Crippen LogP contribution in [0.4, 0.5) is 10.3 Å². The maximum Gasteiger partial charge on any atom is 0.222 e. The van der Waals surface area contributed by atoms with Crippen LogP contribution in [0.1, 0.15) is 11.3 Å². The van der Waals surface area contributed by atoms with Gasteiger partial charge >= 0.3 is 0 Å². The third-order valence-corrected chi connectivity index (χ3v) is 3.67. The normalized spacial score (nSPS) is 11.3. The van der Waals surface area contributed by atoms with Gasteiger partial charge in [0, 0.05) is 11.8 Å². The number of aromatic nitrogens is 3. The quantitative estimate of drug-likeness (QED) is 0.617. The first-order valence-electron chi connectivity index (χ1n) is 6.98. The van der Waals surface area contributed by atoms with Gasteiger partial charge in [-0.1, -0.05) is 30.3 Å². The summed E-state index contributed by atoms with van der Waals surface area (Å²) in [5.74, 6) is 0.000186. The molecule has 4 nitrogen and oxygen atoms in total. The Morgan fingerprint density at radius 1 is 1.05 bits per heavy atom. The molecule has 4 rings (SSSR count). The highest BCUT2D eigenvalue weighted by atomic mass is 19.1. The van der Waals surface area contributed by atoms with E-state index in [0.717, 1.165) is 16.8 Å². The molecule has 0 amide bonds. The number of fused-ring (bicyclic) bond motifs is 3. The van der Waals surface area contributed by atoms with Crippen molar-refractivity contribution in [1.82, 2.24) is 14.6 Å². The molecule has 2 aromatic heterocycles. The summed E-state index contributed by atoms with van der Waals surface area (Å²) in [5, 5.41) is 5.20. The summed E-state index contributed by atoms with van der Waals surface area (Å²) in [4.78, 5) is 4.28. The van der Waals surface area contributed by atoms with Gasteiger partial charge in [0.25, 0.3) is 0 Å². The van der Waals surface area contributed by atoms with E-state index in [9.17, 15) is 4.39 Å². The van der Waals surface area contributed by atoms with Crippen LogP contribution < -0.4 is 5.73 Å². The van der Waals surface area contributed by atoms with Gasteiger partial charge in [-0.05, 0) is 29.8 Å². The third-order valence-electron chi connectivity index (χ3n) is 3.67. The van der Waals surface area contributed by atoms with Crippen LogP contribution in [0.25, 0.3) is 16.4 Å². The van der Waals surface area contributed by atoms with E-state index in [1.54, 1.807) is 10.6 Å². The van der Waals surface area contributed by atoms with Crippen LogP contribution in [0.15, 0.2) is 54.6 Å². The lowest BCUT2D eigenvalue weighted by atomic mass is 10.1. The van der Waals surface area contributed by atoms with Crippen LogP contribution in [0.2, 0.25) is 0 Å². The first-order chi connectivity index (χ1) is 10.7. The van der Waals surface area contributed by atoms with E-state index in [0.29, 0.717) is 23.3 Å². The molecule has 4 aromatic rings. The second kappa shape index (κ2) is 4.80.